The first-order chi connectivity index (χ1) is 14.0. The van der Waals surface area contributed by atoms with Crippen molar-refractivity contribution in [3.8, 4) is 5.75 Å². The van der Waals surface area contributed by atoms with E-state index in [2.05, 4.69) is 5.32 Å². The lowest BCUT2D eigenvalue weighted by Crippen LogP contribution is -2.51. The minimum Gasteiger partial charge on any atom is -0.497 e. The van der Waals surface area contributed by atoms with Crippen LogP contribution >= 0.6 is 0 Å². The summed E-state index contributed by atoms with van der Waals surface area (Å²) in [5.74, 6) is -0.521. The first-order valence-electron chi connectivity index (χ1n) is 9.19. The molecule has 1 aliphatic heterocycles. The van der Waals surface area contributed by atoms with Gasteiger partial charge in [0.15, 0.2) is 0 Å². The maximum atomic E-state index is 13.3. The average Bonchev–Trinajstić information content (AvgIpc) is 2.73. The van der Waals surface area contributed by atoms with Crippen LogP contribution in [0.2, 0.25) is 0 Å². The third-order valence-corrected chi connectivity index (χ3v) is 4.62. The van der Waals surface area contributed by atoms with Crippen LogP contribution in [0, 0.1) is 0 Å². The molecule has 0 spiro atoms. The van der Waals surface area contributed by atoms with Gasteiger partial charge in [0.1, 0.15) is 11.8 Å². The zero-order valence-corrected chi connectivity index (χ0v) is 16.5. The first-order valence-corrected chi connectivity index (χ1v) is 9.19. The number of rotatable bonds is 5. The summed E-state index contributed by atoms with van der Waals surface area (Å²) in [6.07, 6.45) is 0. The highest BCUT2D eigenvalue weighted by Gasteiger charge is 2.42. The molecule has 0 radical (unpaired) electrons. The van der Waals surface area contributed by atoms with Gasteiger partial charge < -0.3 is 14.8 Å². The Hall–Kier alpha value is -3.61. The molecule has 0 fully saturated rings. The van der Waals surface area contributed by atoms with Crippen molar-refractivity contribution in [2.45, 2.75) is 19.9 Å². The number of carbonyl (C=O) groups excluding carboxylic acids is 3. The lowest BCUT2D eigenvalue weighted by molar-refractivity contribution is -0.139. The molecule has 1 N–H and O–H groups in total. The van der Waals surface area contributed by atoms with E-state index in [1.54, 1.807) is 62.4 Å². The molecular formula is C22H22N2O5. The molecule has 0 saturated heterocycles. The van der Waals surface area contributed by atoms with Crippen LogP contribution < -0.4 is 10.1 Å². The van der Waals surface area contributed by atoms with Crippen molar-refractivity contribution in [3.05, 3.63) is 77.0 Å². The lowest BCUT2D eigenvalue weighted by atomic mass is 9.93. The van der Waals surface area contributed by atoms with Crippen LogP contribution in [-0.4, -0.2) is 36.5 Å². The zero-order chi connectivity index (χ0) is 21.0. The highest BCUT2D eigenvalue weighted by atomic mass is 16.5. The number of urea groups is 1. The lowest BCUT2D eigenvalue weighted by Gasteiger charge is -2.36. The molecule has 2 aromatic rings. The molecule has 0 aliphatic carbocycles. The average molecular weight is 394 g/mol. The van der Waals surface area contributed by atoms with Crippen LogP contribution in [0.5, 0.6) is 5.75 Å². The van der Waals surface area contributed by atoms with Crippen molar-refractivity contribution in [2.24, 2.45) is 0 Å². The van der Waals surface area contributed by atoms with Gasteiger partial charge in [-0.3, -0.25) is 4.79 Å². The Bertz CT molecular complexity index is 951. The summed E-state index contributed by atoms with van der Waals surface area (Å²) < 4.78 is 10.3. The second-order valence-electron chi connectivity index (χ2n) is 6.41. The van der Waals surface area contributed by atoms with Crippen molar-refractivity contribution in [1.29, 1.82) is 0 Å². The van der Waals surface area contributed by atoms with E-state index < -0.39 is 23.9 Å². The summed E-state index contributed by atoms with van der Waals surface area (Å²) in [7, 11) is 1.53. The Morgan fingerprint density at radius 1 is 1.07 bits per heavy atom. The largest absolute Gasteiger partial charge is 0.497 e. The molecule has 7 heteroatoms. The predicted molar refractivity (Wildman–Crippen MR) is 106 cm³/mol. The van der Waals surface area contributed by atoms with Crippen molar-refractivity contribution in [2.75, 3.05) is 13.7 Å². The third-order valence-electron chi connectivity index (χ3n) is 4.62. The van der Waals surface area contributed by atoms with Gasteiger partial charge in [-0.15, -0.1) is 0 Å². The van der Waals surface area contributed by atoms with Gasteiger partial charge in [0.25, 0.3) is 5.91 Å². The van der Waals surface area contributed by atoms with Gasteiger partial charge in [-0.25, -0.2) is 14.5 Å². The Morgan fingerprint density at radius 2 is 1.72 bits per heavy atom. The molecule has 7 nitrogen and oxygen atoms in total. The summed E-state index contributed by atoms with van der Waals surface area (Å²) in [6, 6.07) is 13.9. The fraction of sp³-hybridized carbons (Fsp3) is 0.227. The van der Waals surface area contributed by atoms with Crippen molar-refractivity contribution < 1.29 is 23.9 Å². The molecule has 1 atom stereocenters. The van der Waals surface area contributed by atoms with E-state index in [1.807, 2.05) is 6.07 Å². The van der Waals surface area contributed by atoms with Gasteiger partial charge in [0, 0.05) is 11.3 Å². The van der Waals surface area contributed by atoms with Gasteiger partial charge in [-0.05, 0) is 43.7 Å². The number of imide groups is 1. The maximum absolute atomic E-state index is 13.3. The molecule has 1 unspecified atom stereocenters. The van der Waals surface area contributed by atoms with E-state index in [0.717, 1.165) is 4.90 Å². The molecule has 3 amide bonds. The van der Waals surface area contributed by atoms with Crippen LogP contribution in [0.4, 0.5) is 4.79 Å². The number of carbonyl (C=O) groups is 3. The topological polar surface area (TPSA) is 84.9 Å². The molecule has 1 aliphatic rings. The van der Waals surface area contributed by atoms with Crippen LogP contribution in [-0.2, 0) is 9.53 Å². The number of amides is 3. The highest BCUT2D eigenvalue weighted by molar-refractivity contribution is 6.08. The molecule has 0 bridgehead atoms. The van der Waals surface area contributed by atoms with E-state index >= 15 is 0 Å². The van der Waals surface area contributed by atoms with Crippen LogP contribution in [0.1, 0.15) is 35.8 Å². The smallest absolute Gasteiger partial charge is 0.338 e. The van der Waals surface area contributed by atoms with Gasteiger partial charge in [0.2, 0.25) is 0 Å². The third kappa shape index (κ3) is 3.99. The van der Waals surface area contributed by atoms with E-state index in [9.17, 15) is 14.4 Å². The summed E-state index contributed by atoms with van der Waals surface area (Å²) in [6.45, 7) is 3.50. The Balaban J connectivity index is 2.11. The highest BCUT2D eigenvalue weighted by Crippen LogP contribution is 2.35. The van der Waals surface area contributed by atoms with Crippen LogP contribution in [0.3, 0.4) is 0 Å². The van der Waals surface area contributed by atoms with E-state index in [1.165, 1.54) is 7.11 Å². The van der Waals surface area contributed by atoms with E-state index in [-0.39, 0.29) is 12.2 Å². The zero-order valence-electron chi connectivity index (χ0n) is 16.5. The number of hydrogen-bond acceptors (Lipinski definition) is 5. The second-order valence-corrected chi connectivity index (χ2v) is 6.41. The SMILES string of the molecule is CCOC(=O)C1=C(C)NC(=O)N(C(=O)c2ccc(OC)cc2)C1c1ccccc1. The number of benzene rings is 2. The van der Waals surface area contributed by atoms with E-state index in [0.29, 0.717) is 22.6 Å². The fourth-order valence-electron chi connectivity index (χ4n) is 3.25. The molecule has 1 heterocycles. The van der Waals surface area contributed by atoms with E-state index in [4.69, 9.17) is 9.47 Å². The number of methoxy groups -OCH3 is 1. The summed E-state index contributed by atoms with van der Waals surface area (Å²) in [4.78, 5) is 39.9. The number of hydrogen-bond donors (Lipinski definition) is 1. The Kier molecular flexibility index (Phi) is 5.97. The van der Waals surface area contributed by atoms with Crippen molar-refractivity contribution in [3.63, 3.8) is 0 Å². The number of esters is 1. The fourth-order valence-corrected chi connectivity index (χ4v) is 3.25. The molecule has 29 heavy (non-hydrogen) atoms. The quantitative estimate of drug-likeness (QED) is 0.786. The van der Waals surface area contributed by atoms with Gasteiger partial charge in [0.05, 0.1) is 19.3 Å². The summed E-state index contributed by atoms with van der Waals surface area (Å²) in [5.41, 5.74) is 1.51. The van der Waals surface area contributed by atoms with Crippen molar-refractivity contribution >= 4 is 17.9 Å². The monoisotopic (exact) mass is 394 g/mol. The number of nitrogens with zero attached hydrogens (tertiary/aromatic N) is 1. The molecule has 2 aromatic carbocycles. The first kappa shape index (κ1) is 20.1. The normalized spacial score (nSPS) is 16.3. The van der Waals surface area contributed by atoms with Crippen molar-refractivity contribution in [1.82, 2.24) is 10.2 Å². The summed E-state index contributed by atoms with van der Waals surface area (Å²) >= 11 is 0. The van der Waals surface area contributed by atoms with Gasteiger partial charge >= 0.3 is 12.0 Å². The molecule has 0 saturated carbocycles. The van der Waals surface area contributed by atoms with Gasteiger partial charge in [-0.2, -0.15) is 0 Å². The van der Waals surface area contributed by atoms with Crippen LogP contribution in [0.25, 0.3) is 0 Å². The molecule has 0 aromatic heterocycles. The summed E-state index contributed by atoms with van der Waals surface area (Å²) in [5, 5.41) is 2.61. The number of ether oxygens (including phenoxy) is 2. The second kappa shape index (κ2) is 8.60. The Morgan fingerprint density at radius 3 is 2.31 bits per heavy atom. The Labute approximate surface area is 168 Å². The van der Waals surface area contributed by atoms with Gasteiger partial charge in [-0.1, -0.05) is 30.3 Å². The predicted octanol–water partition coefficient (Wildman–Crippen LogP) is 3.44. The minimum absolute atomic E-state index is 0.178. The molecule has 150 valence electrons. The van der Waals surface area contributed by atoms with Crippen LogP contribution in [0.15, 0.2) is 65.9 Å². The maximum Gasteiger partial charge on any atom is 0.338 e. The molecular weight excluding hydrogens is 372 g/mol. The number of nitrogens with one attached hydrogen (secondary N) is 1. The number of allylic oxidation sites excluding steroid dienone is 1. The minimum atomic E-state index is -0.904. The standard InChI is InChI=1S/C22H22N2O5/c1-4-29-21(26)18-14(2)23-22(27)24(19(18)15-8-6-5-7-9-15)20(25)16-10-12-17(28-3)13-11-16/h5-13,19H,4H2,1-3H3,(H,23,27). The molecule has 3 rings (SSSR count).